The molecule has 0 aromatic rings. The van der Waals surface area contributed by atoms with Gasteiger partial charge in [-0.1, -0.05) is 6.42 Å². The number of fused-ring (bicyclic) bond motifs is 3. The molecule has 0 amide bonds. The molecular formula is C25H36O11. The molecule has 11 heteroatoms. The predicted octanol–water partition coefficient (Wildman–Crippen LogP) is -1.25. The van der Waals surface area contributed by atoms with Gasteiger partial charge in [0.2, 0.25) is 0 Å². The molecule has 0 bridgehead atoms. The van der Waals surface area contributed by atoms with Crippen molar-refractivity contribution in [1.29, 1.82) is 0 Å². The minimum absolute atomic E-state index is 0.0412. The molecule has 0 radical (unpaired) electrons. The first kappa shape index (κ1) is 26.0. The van der Waals surface area contributed by atoms with Gasteiger partial charge in [0.05, 0.1) is 23.9 Å². The highest BCUT2D eigenvalue weighted by Gasteiger charge is 2.74. The van der Waals surface area contributed by atoms with E-state index in [4.69, 9.17) is 0 Å². The van der Waals surface area contributed by atoms with E-state index >= 15 is 0 Å². The minimum Gasteiger partial charge on any atom is -0.508 e. The summed E-state index contributed by atoms with van der Waals surface area (Å²) in [5, 5.41) is 98.6. The second-order valence-electron chi connectivity index (χ2n) is 12.0. The van der Waals surface area contributed by atoms with E-state index in [9.17, 15) is 55.5 Å². The van der Waals surface area contributed by atoms with Crippen LogP contribution >= 0.6 is 0 Å². The van der Waals surface area contributed by atoms with Gasteiger partial charge in [0, 0.05) is 24.7 Å². The van der Waals surface area contributed by atoms with Crippen LogP contribution < -0.4 is 0 Å². The smallest absolute Gasteiger partial charge is 0.342 e. The molecule has 5 rings (SSSR count). The quantitative estimate of drug-likeness (QED) is 0.199. The van der Waals surface area contributed by atoms with E-state index in [1.54, 1.807) is 0 Å². The van der Waals surface area contributed by atoms with Crippen molar-refractivity contribution < 1.29 is 55.5 Å². The topological polar surface area (TPSA) is 216 Å². The highest BCUT2D eigenvalue weighted by Crippen LogP contribution is 2.61. The molecule has 4 saturated carbocycles. The number of aliphatic carboxylic acids is 1. The first-order chi connectivity index (χ1) is 16.7. The van der Waals surface area contributed by atoms with Gasteiger partial charge in [0.15, 0.2) is 11.4 Å². The van der Waals surface area contributed by atoms with Crippen LogP contribution in [0.5, 0.6) is 0 Å². The summed E-state index contributed by atoms with van der Waals surface area (Å²) in [4.78, 5) is 24.1. The summed E-state index contributed by atoms with van der Waals surface area (Å²) in [7, 11) is 0. The highest BCUT2D eigenvalue weighted by molar-refractivity contribution is 6.18. The Balaban J connectivity index is 1.56. The van der Waals surface area contributed by atoms with Crippen molar-refractivity contribution in [3.05, 3.63) is 11.3 Å². The molecule has 36 heavy (non-hydrogen) atoms. The zero-order valence-electron chi connectivity index (χ0n) is 19.9. The number of carbonyl (C=O) groups is 2. The van der Waals surface area contributed by atoms with Crippen LogP contribution in [0.3, 0.4) is 0 Å². The fourth-order valence-electron chi connectivity index (χ4n) is 8.69. The normalized spacial score (nSPS) is 53.3. The van der Waals surface area contributed by atoms with Crippen molar-refractivity contribution in [2.75, 3.05) is 0 Å². The van der Waals surface area contributed by atoms with Gasteiger partial charge in [-0.2, -0.15) is 0 Å². The standard InChI is InChI=1S/C25H36O11/c26-11-3-1-2-10(6-11)12-4-5-14(27)16-13(12)7-23(34)9-24(35)8-15(28)17(22(32)33)20(30)25(24,36)21(31)18(23)19(16)29/h10-14,16,18-19,21,26-27,29-31,34-36H,1-9H2,(H,32,33). The molecule has 5 aliphatic carbocycles. The molecule has 0 aromatic heterocycles. The number of Topliss-reactive ketones (excluding diaryl/α,β-unsaturated/α-hetero) is 1. The average Bonchev–Trinajstić information content (AvgIpc) is 2.76. The van der Waals surface area contributed by atoms with Crippen molar-refractivity contribution in [1.82, 2.24) is 0 Å². The molecule has 12 atom stereocenters. The van der Waals surface area contributed by atoms with Gasteiger partial charge in [0.1, 0.15) is 23.0 Å². The minimum atomic E-state index is -3.02. The average molecular weight is 513 g/mol. The molecule has 9 N–H and O–H groups in total. The lowest BCUT2D eigenvalue weighted by atomic mass is 9.45. The summed E-state index contributed by atoms with van der Waals surface area (Å²) in [6, 6.07) is 0. The summed E-state index contributed by atoms with van der Waals surface area (Å²) < 4.78 is 0. The van der Waals surface area contributed by atoms with Crippen molar-refractivity contribution in [3.8, 4) is 0 Å². The van der Waals surface area contributed by atoms with Gasteiger partial charge in [-0.3, -0.25) is 4.79 Å². The summed E-state index contributed by atoms with van der Waals surface area (Å²) in [6.07, 6.45) is -2.94. The lowest BCUT2D eigenvalue weighted by Gasteiger charge is -2.65. The highest BCUT2D eigenvalue weighted by atomic mass is 16.4. The summed E-state index contributed by atoms with van der Waals surface area (Å²) in [5.74, 6) is -7.08. The number of carboxylic acid groups (broad SMARTS) is 1. The molecule has 0 spiro atoms. The molecule has 0 heterocycles. The van der Waals surface area contributed by atoms with Crippen molar-refractivity contribution in [3.63, 3.8) is 0 Å². The Bertz CT molecular complexity index is 981. The zero-order valence-corrected chi connectivity index (χ0v) is 19.9. The number of rotatable bonds is 2. The Labute approximate surface area is 207 Å². The lowest BCUT2D eigenvalue weighted by Crippen LogP contribution is -2.79. The molecule has 0 aromatic carbocycles. The van der Waals surface area contributed by atoms with Crippen LogP contribution in [0.4, 0.5) is 0 Å². The fourth-order valence-corrected chi connectivity index (χ4v) is 8.69. The maximum atomic E-state index is 12.5. The number of aliphatic hydroxyl groups is 8. The number of carboxylic acids is 1. The molecular weight excluding hydrogens is 476 g/mol. The summed E-state index contributed by atoms with van der Waals surface area (Å²) in [5.41, 5.74) is -8.76. The van der Waals surface area contributed by atoms with E-state index in [1.165, 1.54) is 0 Å². The van der Waals surface area contributed by atoms with Gasteiger partial charge in [-0.25, -0.2) is 4.79 Å². The van der Waals surface area contributed by atoms with Gasteiger partial charge in [-0.15, -0.1) is 0 Å². The fraction of sp³-hybridized carbons (Fsp3) is 0.840. The second kappa shape index (κ2) is 8.45. The number of carbonyl (C=O) groups excluding carboxylic acids is 1. The van der Waals surface area contributed by atoms with Gasteiger partial charge in [-0.05, 0) is 56.3 Å². The van der Waals surface area contributed by atoms with Crippen LogP contribution in [0.25, 0.3) is 0 Å². The molecule has 0 aliphatic heterocycles. The molecule has 4 fully saturated rings. The molecule has 0 saturated heterocycles. The van der Waals surface area contributed by atoms with Gasteiger partial charge in [0.25, 0.3) is 0 Å². The van der Waals surface area contributed by atoms with E-state index in [-0.39, 0.29) is 18.3 Å². The van der Waals surface area contributed by atoms with E-state index in [0.29, 0.717) is 25.7 Å². The monoisotopic (exact) mass is 512 g/mol. The molecule has 12 unspecified atom stereocenters. The Kier molecular flexibility index (Phi) is 6.11. The van der Waals surface area contributed by atoms with Crippen molar-refractivity contribution in [2.45, 2.75) is 99.0 Å². The maximum absolute atomic E-state index is 12.5. The van der Waals surface area contributed by atoms with Gasteiger partial charge >= 0.3 is 5.97 Å². The van der Waals surface area contributed by atoms with Crippen LogP contribution in [-0.2, 0) is 9.59 Å². The first-order valence-electron chi connectivity index (χ1n) is 12.8. The third kappa shape index (κ3) is 3.44. The SMILES string of the molecule is O=C(O)C1=C(O)C2(O)C(O)C3C(O)C4C(O)CCC(C5CCCC(O)C5)C4CC3(O)CC2(O)CC1=O. The summed E-state index contributed by atoms with van der Waals surface area (Å²) >= 11 is 0. The molecule has 5 aliphatic rings. The predicted molar refractivity (Wildman–Crippen MR) is 120 cm³/mol. The number of hydrogen-bond donors (Lipinski definition) is 9. The maximum Gasteiger partial charge on any atom is 0.342 e. The Morgan fingerprint density at radius 3 is 2.28 bits per heavy atom. The number of aliphatic hydroxyl groups excluding tert-OH is 5. The first-order valence-corrected chi connectivity index (χ1v) is 12.8. The summed E-state index contributed by atoms with van der Waals surface area (Å²) in [6.45, 7) is 0. The van der Waals surface area contributed by atoms with E-state index in [0.717, 1.165) is 12.8 Å². The Morgan fingerprint density at radius 2 is 1.64 bits per heavy atom. The van der Waals surface area contributed by atoms with Crippen LogP contribution in [0, 0.1) is 29.6 Å². The van der Waals surface area contributed by atoms with Crippen LogP contribution in [-0.4, -0.2) is 98.9 Å². The van der Waals surface area contributed by atoms with Crippen LogP contribution in [0.2, 0.25) is 0 Å². The van der Waals surface area contributed by atoms with E-state index in [1.807, 2.05) is 0 Å². The number of ketones is 1. The third-order valence-electron chi connectivity index (χ3n) is 10.2. The second-order valence-corrected chi connectivity index (χ2v) is 12.0. The zero-order chi connectivity index (χ0) is 26.4. The van der Waals surface area contributed by atoms with E-state index in [2.05, 4.69) is 0 Å². The van der Waals surface area contributed by atoms with Crippen LogP contribution in [0.1, 0.15) is 57.8 Å². The number of hydrogen-bond acceptors (Lipinski definition) is 10. The Morgan fingerprint density at radius 1 is 0.944 bits per heavy atom. The molecule has 202 valence electrons. The molecule has 11 nitrogen and oxygen atoms in total. The van der Waals surface area contributed by atoms with Gasteiger partial charge < -0.3 is 46.0 Å². The lowest BCUT2D eigenvalue weighted by molar-refractivity contribution is -0.319. The van der Waals surface area contributed by atoms with Crippen molar-refractivity contribution >= 4 is 11.8 Å². The Hall–Kier alpha value is -1.60. The van der Waals surface area contributed by atoms with E-state index < -0.39 is 94.9 Å². The van der Waals surface area contributed by atoms with Crippen molar-refractivity contribution in [2.24, 2.45) is 29.6 Å². The largest absolute Gasteiger partial charge is 0.508 e. The van der Waals surface area contributed by atoms with Crippen LogP contribution in [0.15, 0.2) is 11.3 Å². The third-order valence-corrected chi connectivity index (χ3v) is 10.2.